The normalized spacial score (nSPS) is 23.5. The molecule has 3 rings (SSSR count). The summed E-state index contributed by atoms with van der Waals surface area (Å²) in [5.41, 5.74) is 8.14. The number of aromatic nitrogens is 2. The van der Waals surface area contributed by atoms with E-state index in [-0.39, 0.29) is 11.6 Å². The van der Waals surface area contributed by atoms with Gasteiger partial charge in [-0.15, -0.1) is 0 Å². The van der Waals surface area contributed by atoms with Gasteiger partial charge in [-0.1, -0.05) is 0 Å². The number of carboxylic acid groups (broad SMARTS) is 1. The number of fused-ring (bicyclic) bond motifs is 1. The monoisotopic (exact) mass is 306 g/mol. The highest BCUT2D eigenvalue weighted by Gasteiger charge is 2.33. The van der Waals surface area contributed by atoms with Crippen LogP contribution in [0.3, 0.4) is 0 Å². The van der Waals surface area contributed by atoms with Crippen molar-refractivity contribution in [3.05, 3.63) is 17.0 Å². The second-order valence-electron chi connectivity index (χ2n) is 6.66. The molecule has 1 aliphatic heterocycles. The van der Waals surface area contributed by atoms with Crippen molar-refractivity contribution in [2.45, 2.75) is 50.5 Å². The number of hydrogen-bond donors (Lipinski definition) is 2. The lowest BCUT2D eigenvalue weighted by Crippen LogP contribution is -2.32. The van der Waals surface area contributed by atoms with E-state index in [0.29, 0.717) is 12.6 Å². The Bertz CT molecular complexity index is 547. The molecule has 0 bridgehead atoms. The number of nitrogens with zero attached hydrogens (tertiary/aromatic N) is 3. The van der Waals surface area contributed by atoms with Gasteiger partial charge >= 0.3 is 5.97 Å². The number of rotatable bonds is 4. The molecule has 1 atom stereocenters. The summed E-state index contributed by atoms with van der Waals surface area (Å²) in [5, 5.41) is 14.1. The Labute approximate surface area is 131 Å². The lowest BCUT2D eigenvalue weighted by Gasteiger charge is -2.31. The van der Waals surface area contributed by atoms with Gasteiger partial charge in [-0.3, -0.25) is 4.68 Å². The van der Waals surface area contributed by atoms with Crippen LogP contribution in [0.4, 0.5) is 0 Å². The van der Waals surface area contributed by atoms with Gasteiger partial charge in [-0.05, 0) is 71.1 Å². The molecule has 0 amide bonds. The van der Waals surface area contributed by atoms with E-state index < -0.39 is 5.97 Å². The fourth-order valence-electron chi connectivity index (χ4n) is 4.01. The number of nitrogens with two attached hydrogens (primary N) is 1. The van der Waals surface area contributed by atoms with E-state index in [0.717, 1.165) is 62.9 Å². The third-order valence-electron chi connectivity index (χ3n) is 5.18. The Morgan fingerprint density at radius 2 is 2.09 bits per heavy atom. The van der Waals surface area contributed by atoms with E-state index >= 15 is 0 Å². The molecule has 6 nitrogen and oxygen atoms in total. The molecule has 1 aromatic rings. The van der Waals surface area contributed by atoms with E-state index in [2.05, 4.69) is 21.7 Å². The predicted molar refractivity (Wildman–Crippen MR) is 84.3 cm³/mol. The molecule has 1 unspecified atom stereocenters. The van der Waals surface area contributed by atoms with E-state index in [1.54, 1.807) is 0 Å². The molecule has 22 heavy (non-hydrogen) atoms. The largest absolute Gasteiger partial charge is 0.476 e. The van der Waals surface area contributed by atoms with Gasteiger partial charge in [0.2, 0.25) is 0 Å². The fourth-order valence-corrected chi connectivity index (χ4v) is 4.01. The van der Waals surface area contributed by atoms with Crippen LogP contribution >= 0.6 is 0 Å². The van der Waals surface area contributed by atoms with Crippen molar-refractivity contribution in [3.8, 4) is 0 Å². The third-order valence-corrected chi connectivity index (χ3v) is 5.18. The van der Waals surface area contributed by atoms with Gasteiger partial charge in [0.25, 0.3) is 0 Å². The zero-order chi connectivity index (χ0) is 15.7. The highest BCUT2D eigenvalue weighted by Crippen LogP contribution is 2.38. The molecule has 0 spiro atoms. The smallest absolute Gasteiger partial charge is 0.356 e. The number of piperidine rings is 1. The van der Waals surface area contributed by atoms with Crippen molar-refractivity contribution in [2.24, 2.45) is 5.73 Å². The van der Waals surface area contributed by atoms with Gasteiger partial charge in [0.15, 0.2) is 5.69 Å². The molecular weight excluding hydrogens is 280 g/mol. The van der Waals surface area contributed by atoms with Gasteiger partial charge in [0.1, 0.15) is 0 Å². The van der Waals surface area contributed by atoms with Crippen LogP contribution in [0.2, 0.25) is 0 Å². The van der Waals surface area contributed by atoms with Crippen molar-refractivity contribution in [1.29, 1.82) is 0 Å². The Morgan fingerprint density at radius 1 is 1.36 bits per heavy atom. The average Bonchev–Trinajstić information content (AvgIpc) is 2.89. The predicted octanol–water partition coefficient (Wildman–Crippen LogP) is 1.62. The Morgan fingerprint density at radius 3 is 2.73 bits per heavy atom. The summed E-state index contributed by atoms with van der Waals surface area (Å²) >= 11 is 0. The first-order valence-corrected chi connectivity index (χ1v) is 8.35. The van der Waals surface area contributed by atoms with Crippen LogP contribution < -0.4 is 5.73 Å². The summed E-state index contributed by atoms with van der Waals surface area (Å²) in [6.07, 6.45) is 6.03. The summed E-state index contributed by atoms with van der Waals surface area (Å²) < 4.78 is 2.05. The first kappa shape index (κ1) is 15.5. The first-order valence-electron chi connectivity index (χ1n) is 8.35. The number of hydrogen-bond acceptors (Lipinski definition) is 4. The quantitative estimate of drug-likeness (QED) is 0.883. The van der Waals surface area contributed by atoms with Crippen LogP contribution in [0.1, 0.15) is 65.8 Å². The van der Waals surface area contributed by atoms with Crippen LogP contribution in [0, 0.1) is 0 Å². The summed E-state index contributed by atoms with van der Waals surface area (Å²) in [4.78, 5) is 14.0. The summed E-state index contributed by atoms with van der Waals surface area (Å²) in [6.45, 7) is 2.70. The standard InChI is InChI=1S/C16H26N4O2/c1-19-9-6-12(7-10-19)20-13-4-2-3-11(5-8-17)14(13)15(18-20)16(21)22/h11-12H,2-10,17H2,1H3,(H,21,22). The lowest BCUT2D eigenvalue weighted by molar-refractivity contribution is 0.0686. The van der Waals surface area contributed by atoms with Crippen molar-refractivity contribution in [3.63, 3.8) is 0 Å². The molecule has 1 aromatic heterocycles. The molecule has 0 radical (unpaired) electrons. The topological polar surface area (TPSA) is 84.4 Å². The van der Waals surface area contributed by atoms with Gasteiger partial charge in [-0.25, -0.2) is 4.79 Å². The zero-order valence-corrected chi connectivity index (χ0v) is 13.3. The molecule has 0 saturated carbocycles. The number of carboxylic acids is 1. The summed E-state index contributed by atoms with van der Waals surface area (Å²) in [5.74, 6) is -0.633. The summed E-state index contributed by atoms with van der Waals surface area (Å²) in [7, 11) is 2.13. The van der Waals surface area contributed by atoms with Crippen LogP contribution in [-0.2, 0) is 6.42 Å². The molecule has 1 saturated heterocycles. The average molecular weight is 306 g/mol. The Hall–Kier alpha value is -1.40. The van der Waals surface area contributed by atoms with E-state index in [1.807, 2.05) is 0 Å². The van der Waals surface area contributed by atoms with E-state index in [4.69, 9.17) is 5.73 Å². The maximum Gasteiger partial charge on any atom is 0.356 e. The fraction of sp³-hybridized carbons (Fsp3) is 0.750. The van der Waals surface area contributed by atoms with Crippen molar-refractivity contribution < 1.29 is 9.90 Å². The molecule has 1 aliphatic carbocycles. The van der Waals surface area contributed by atoms with Crippen LogP contribution in [0.15, 0.2) is 0 Å². The highest BCUT2D eigenvalue weighted by atomic mass is 16.4. The van der Waals surface area contributed by atoms with E-state index in [9.17, 15) is 9.90 Å². The first-order chi connectivity index (χ1) is 10.6. The molecule has 1 fully saturated rings. The van der Waals surface area contributed by atoms with Crippen LogP contribution in [-0.4, -0.2) is 52.4 Å². The molecule has 2 heterocycles. The van der Waals surface area contributed by atoms with Gasteiger partial charge < -0.3 is 15.7 Å². The zero-order valence-electron chi connectivity index (χ0n) is 13.3. The van der Waals surface area contributed by atoms with Crippen molar-refractivity contribution >= 4 is 5.97 Å². The SMILES string of the molecule is CN1CCC(n2nc(C(=O)O)c3c2CCCC3CCN)CC1. The Balaban J connectivity index is 1.98. The molecule has 2 aliphatic rings. The number of carbonyl (C=O) groups is 1. The minimum Gasteiger partial charge on any atom is -0.476 e. The maximum atomic E-state index is 11.7. The Kier molecular flexibility index (Phi) is 4.49. The second-order valence-corrected chi connectivity index (χ2v) is 6.66. The molecule has 6 heteroatoms. The number of likely N-dealkylation sites (tertiary alicyclic amines) is 1. The summed E-state index contributed by atoms with van der Waals surface area (Å²) in [6, 6.07) is 0.342. The molecular formula is C16H26N4O2. The minimum atomic E-state index is -0.896. The second kappa shape index (κ2) is 6.38. The van der Waals surface area contributed by atoms with Gasteiger partial charge in [0, 0.05) is 11.3 Å². The maximum absolute atomic E-state index is 11.7. The van der Waals surface area contributed by atoms with Crippen LogP contribution in [0.25, 0.3) is 0 Å². The molecule has 122 valence electrons. The molecule has 0 aromatic carbocycles. The minimum absolute atomic E-state index is 0.264. The highest BCUT2D eigenvalue weighted by molar-refractivity contribution is 5.87. The van der Waals surface area contributed by atoms with Crippen molar-refractivity contribution in [1.82, 2.24) is 14.7 Å². The third kappa shape index (κ3) is 2.77. The lowest BCUT2D eigenvalue weighted by atomic mass is 9.83. The van der Waals surface area contributed by atoms with Crippen molar-refractivity contribution in [2.75, 3.05) is 26.7 Å². The van der Waals surface area contributed by atoms with Gasteiger partial charge in [-0.2, -0.15) is 5.10 Å². The van der Waals surface area contributed by atoms with Crippen LogP contribution in [0.5, 0.6) is 0 Å². The number of aromatic carboxylic acids is 1. The molecule has 3 N–H and O–H groups in total. The van der Waals surface area contributed by atoms with E-state index in [1.165, 1.54) is 0 Å². The van der Waals surface area contributed by atoms with Gasteiger partial charge in [0.05, 0.1) is 6.04 Å².